The fraction of sp³-hybridized carbons (Fsp3) is 0.636. The molecule has 0 radical (unpaired) electrons. The largest absolute Gasteiger partial charge is 0.488 e. The van der Waals surface area contributed by atoms with E-state index in [9.17, 15) is 19.1 Å². The molecule has 2 unspecified atom stereocenters. The molecule has 1 aliphatic rings. The lowest BCUT2D eigenvalue weighted by Gasteiger charge is -2.20. The van der Waals surface area contributed by atoms with Crippen molar-refractivity contribution in [3.8, 4) is 5.75 Å². The second-order valence-corrected chi connectivity index (χ2v) is 9.41. The minimum atomic E-state index is -1.03. The molecule has 0 aromatic heterocycles. The summed E-state index contributed by atoms with van der Waals surface area (Å²) in [6.07, 6.45) is 4.98. The molecule has 1 saturated heterocycles. The van der Waals surface area contributed by atoms with Crippen LogP contribution in [0.3, 0.4) is 0 Å². The Hall–Kier alpha value is -1.64. The molecule has 1 aromatic carbocycles. The van der Waals surface area contributed by atoms with E-state index in [0.717, 1.165) is 37.0 Å². The standard InChI is InChI=1S/C22H33FN2O4S/c1-15(17-8-10-18(23)19(13-17)29-14-22(2,3)28)25-30-12-6-4-5-7-16-9-11-20(26)24-21(16)27/h8,10,13,15-16,25,28H,4-7,9,11-12,14H2,1-3H3,(H,24,26,27). The molecule has 1 aliphatic heterocycles. The van der Waals surface area contributed by atoms with Gasteiger partial charge in [0.05, 0.1) is 5.60 Å². The minimum Gasteiger partial charge on any atom is -0.488 e. The van der Waals surface area contributed by atoms with Crippen molar-refractivity contribution in [1.29, 1.82) is 0 Å². The molecule has 3 N–H and O–H groups in total. The number of rotatable bonds is 12. The van der Waals surface area contributed by atoms with Crippen LogP contribution in [0.25, 0.3) is 0 Å². The SMILES string of the molecule is CC(NSCCCCCC1CCC(=O)NC1=O)c1ccc(F)c(OCC(C)(C)O)c1. The van der Waals surface area contributed by atoms with Gasteiger partial charge in [-0.25, -0.2) is 4.39 Å². The van der Waals surface area contributed by atoms with Crippen molar-refractivity contribution in [2.24, 2.45) is 5.92 Å². The quantitative estimate of drug-likeness (QED) is 0.260. The van der Waals surface area contributed by atoms with E-state index < -0.39 is 11.4 Å². The zero-order chi connectivity index (χ0) is 22.1. The Morgan fingerprint density at radius 1 is 1.33 bits per heavy atom. The van der Waals surface area contributed by atoms with E-state index in [1.54, 1.807) is 37.9 Å². The van der Waals surface area contributed by atoms with Crippen LogP contribution in [-0.4, -0.2) is 34.9 Å². The van der Waals surface area contributed by atoms with Crippen LogP contribution in [0.2, 0.25) is 0 Å². The highest BCUT2D eigenvalue weighted by Crippen LogP contribution is 2.25. The molecular formula is C22H33FN2O4S. The highest BCUT2D eigenvalue weighted by molar-refractivity contribution is 7.97. The predicted octanol–water partition coefficient (Wildman–Crippen LogP) is 3.89. The van der Waals surface area contributed by atoms with Gasteiger partial charge in [-0.05, 0) is 57.7 Å². The predicted molar refractivity (Wildman–Crippen MR) is 117 cm³/mol. The van der Waals surface area contributed by atoms with E-state index in [1.807, 2.05) is 6.92 Å². The first kappa shape index (κ1) is 24.6. The molecule has 8 heteroatoms. The number of halogens is 1. The summed E-state index contributed by atoms with van der Waals surface area (Å²) in [4.78, 5) is 22.9. The number of carbonyl (C=O) groups excluding carboxylic acids is 2. The van der Waals surface area contributed by atoms with Crippen LogP contribution < -0.4 is 14.8 Å². The number of unbranched alkanes of at least 4 members (excludes halogenated alkanes) is 2. The molecular weight excluding hydrogens is 407 g/mol. The van der Waals surface area contributed by atoms with E-state index in [0.29, 0.717) is 12.8 Å². The highest BCUT2D eigenvalue weighted by atomic mass is 32.2. The summed E-state index contributed by atoms with van der Waals surface area (Å²) in [5, 5.41) is 12.2. The summed E-state index contributed by atoms with van der Waals surface area (Å²) in [6.45, 7) is 5.24. The molecule has 2 atom stereocenters. The van der Waals surface area contributed by atoms with Crippen molar-refractivity contribution in [3.05, 3.63) is 29.6 Å². The smallest absolute Gasteiger partial charge is 0.229 e. The lowest BCUT2D eigenvalue weighted by molar-refractivity contribution is -0.136. The molecule has 0 spiro atoms. The maximum atomic E-state index is 13.9. The number of piperidine rings is 1. The van der Waals surface area contributed by atoms with Crippen LogP contribution in [0.1, 0.15) is 70.9 Å². The van der Waals surface area contributed by atoms with Gasteiger partial charge in [0.15, 0.2) is 11.6 Å². The molecule has 2 rings (SSSR count). The maximum absolute atomic E-state index is 13.9. The number of ether oxygens (including phenoxy) is 1. The van der Waals surface area contributed by atoms with Gasteiger partial charge in [-0.2, -0.15) is 0 Å². The van der Waals surface area contributed by atoms with Crippen LogP contribution >= 0.6 is 11.9 Å². The van der Waals surface area contributed by atoms with Gasteiger partial charge >= 0.3 is 0 Å². The number of hydrogen-bond donors (Lipinski definition) is 3. The summed E-state index contributed by atoms with van der Waals surface area (Å²) in [5.41, 5.74) is -0.118. The topological polar surface area (TPSA) is 87.7 Å². The summed E-state index contributed by atoms with van der Waals surface area (Å²) < 4.78 is 22.7. The normalized spacial score (nSPS) is 18.2. The molecule has 168 valence electrons. The summed E-state index contributed by atoms with van der Waals surface area (Å²) in [7, 11) is 0. The Morgan fingerprint density at radius 2 is 2.10 bits per heavy atom. The van der Waals surface area contributed by atoms with Crippen LogP contribution in [0.5, 0.6) is 5.75 Å². The fourth-order valence-corrected chi connectivity index (χ4v) is 4.01. The van der Waals surface area contributed by atoms with Crippen molar-refractivity contribution in [2.45, 2.75) is 70.9 Å². The van der Waals surface area contributed by atoms with Gasteiger partial charge in [0, 0.05) is 24.1 Å². The van der Waals surface area contributed by atoms with Gasteiger partial charge in [-0.1, -0.05) is 30.9 Å². The number of nitrogens with one attached hydrogen (secondary N) is 2. The lowest BCUT2D eigenvalue weighted by atomic mass is 9.92. The van der Waals surface area contributed by atoms with E-state index in [-0.39, 0.29) is 36.1 Å². The van der Waals surface area contributed by atoms with E-state index >= 15 is 0 Å². The Bertz CT molecular complexity index is 724. The van der Waals surface area contributed by atoms with Gasteiger partial charge in [0.1, 0.15) is 6.61 Å². The highest BCUT2D eigenvalue weighted by Gasteiger charge is 2.25. The van der Waals surface area contributed by atoms with Crippen LogP contribution in [0.15, 0.2) is 18.2 Å². The van der Waals surface area contributed by atoms with E-state index in [2.05, 4.69) is 10.0 Å². The summed E-state index contributed by atoms with van der Waals surface area (Å²) in [5.74, 6) is 0.315. The Labute approximate surface area is 182 Å². The van der Waals surface area contributed by atoms with E-state index in [4.69, 9.17) is 4.74 Å². The van der Waals surface area contributed by atoms with Crippen molar-refractivity contribution in [1.82, 2.24) is 10.0 Å². The Kier molecular flexibility index (Phi) is 9.58. The number of benzene rings is 1. The van der Waals surface area contributed by atoms with Gasteiger partial charge < -0.3 is 9.84 Å². The zero-order valence-electron chi connectivity index (χ0n) is 18.0. The summed E-state index contributed by atoms with van der Waals surface area (Å²) >= 11 is 1.62. The third-order valence-corrected chi connectivity index (χ3v) is 5.96. The molecule has 1 aromatic rings. The number of imide groups is 1. The number of carbonyl (C=O) groups is 2. The first-order chi connectivity index (χ1) is 14.2. The molecule has 0 bridgehead atoms. The molecule has 0 aliphatic carbocycles. The number of amides is 2. The van der Waals surface area contributed by atoms with Crippen molar-refractivity contribution in [2.75, 3.05) is 12.4 Å². The average Bonchev–Trinajstić information content (AvgIpc) is 2.67. The van der Waals surface area contributed by atoms with Crippen LogP contribution in [-0.2, 0) is 9.59 Å². The van der Waals surface area contributed by atoms with Crippen LogP contribution in [0, 0.1) is 11.7 Å². The number of hydrogen-bond acceptors (Lipinski definition) is 6. The Balaban J connectivity index is 1.64. The molecule has 1 heterocycles. The molecule has 2 amide bonds. The third kappa shape index (κ3) is 8.62. The summed E-state index contributed by atoms with van der Waals surface area (Å²) in [6, 6.07) is 4.79. The lowest BCUT2D eigenvalue weighted by Crippen LogP contribution is -2.40. The molecule has 1 fully saturated rings. The van der Waals surface area contributed by atoms with Gasteiger partial charge in [0.2, 0.25) is 11.8 Å². The zero-order valence-corrected chi connectivity index (χ0v) is 18.8. The monoisotopic (exact) mass is 440 g/mol. The minimum absolute atomic E-state index is 0.0166. The first-order valence-electron chi connectivity index (χ1n) is 10.5. The van der Waals surface area contributed by atoms with Crippen molar-refractivity contribution in [3.63, 3.8) is 0 Å². The maximum Gasteiger partial charge on any atom is 0.229 e. The van der Waals surface area contributed by atoms with Gasteiger partial charge in [-0.3, -0.25) is 19.6 Å². The van der Waals surface area contributed by atoms with Gasteiger partial charge in [0.25, 0.3) is 0 Å². The molecule has 6 nitrogen and oxygen atoms in total. The number of aliphatic hydroxyl groups is 1. The first-order valence-corrected chi connectivity index (χ1v) is 11.5. The average molecular weight is 441 g/mol. The Morgan fingerprint density at radius 3 is 2.80 bits per heavy atom. The van der Waals surface area contributed by atoms with E-state index in [1.165, 1.54) is 6.07 Å². The second kappa shape index (κ2) is 11.7. The van der Waals surface area contributed by atoms with Crippen molar-refractivity contribution < 1.29 is 23.8 Å². The molecule has 0 saturated carbocycles. The third-order valence-electron chi connectivity index (χ3n) is 4.95. The van der Waals surface area contributed by atoms with Crippen LogP contribution in [0.4, 0.5) is 4.39 Å². The molecule has 30 heavy (non-hydrogen) atoms. The van der Waals surface area contributed by atoms with Crippen molar-refractivity contribution >= 4 is 23.8 Å². The van der Waals surface area contributed by atoms with Gasteiger partial charge in [-0.15, -0.1) is 0 Å². The fourth-order valence-electron chi connectivity index (χ4n) is 3.16. The second-order valence-electron chi connectivity index (χ2n) is 8.48.